The van der Waals surface area contributed by atoms with Crippen LogP contribution in [0.4, 0.5) is 0 Å². The van der Waals surface area contributed by atoms with Gasteiger partial charge in [-0.3, -0.25) is 4.55 Å². The van der Waals surface area contributed by atoms with Gasteiger partial charge in [-0.2, -0.15) is 8.42 Å². The van der Waals surface area contributed by atoms with E-state index in [-0.39, 0.29) is 5.75 Å². The molecule has 0 spiro atoms. The molecule has 24 heavy (non-hydrogen) atoms. The van der Waals surface area contributed by atoms with Crippen molar-refractivity contribution in [2.75, 3.05) is 5.75 Å². The fourth-order valence-electron chi connectivity index (χ4n) is 3.04. The summed E-state index contributed by atoms with van der Waals surface area (Å²) >= 11 is 0. The second-order valence-corrected chi connectivity index (χ2v) is 8.39. The van der Waals surface area contributed by atoms with Crippen LogP contribution in [0.1, 0.15) is 81.9 Å². The zero-order chi connectivity index (χ0) is 17.8. The van der Waals surface area contributed by atoms with Gasteiger partial charge in [-0.1, -0.05) is 57.7 Å². The van der Waals surface area contributed by atoms with Crippen molar-refractivity contribution in [2.24, 2.45) is 0 Å². The Bertz CT molecular complexity index is 536. The first kappa shape index (κ1) is 21.2. The summed E-state index contributed by atoms with van der Waals surface area (Å²) in [4.78, 5) is 0. The lowest BCUT2D eigenvalue weighted by Gasteiger charge is -2.10. The Balaban J connectivity index is 2.65. The van der Waals surface area contributed by atoms with Gasteiger partial charge in [0.1, 0.15) is 0 Å². The van der Waals surface area contributed by atoms with Crippen molar-refractivity contribution in [3.63, 3.8) is 0 Å². The van der Waals surface area contributed by atoms with Gasteiger partial charge in [0.05, 0.1) is 5.75 Å². The van der Waals surface area contributed by atoms with E-state index in [1.807, 2.05) is 0 Å². The Kier molecular flexibility index (Phi) is 10.3. The highest BCUT2D eigenvalue weighted by molar-refractivity contribution is 7.85. The van der Waals surface area contributed by atoms with Crippen LogP contribution in [0.15, 0.2) is 18.2 Å². The average Bonchev–Trinajstić information content (AvgIpc) is 2.51. The molecule has 3 nitrogen and oxygen atoms in total. The first-order valence-electron chi connectivity index (χ1n) is 9.51. The molecule has 0 bridgehead atoms. The Labute approximate surface area is 148 Å². The lowest BCUT2D eigenvalue weighted by molar-refractivity contribution is 0.480. The van der Waals surface area contributed by atoms with E-state index in [2.05, 4.69) is 32.0 Å². The van der Waals surface area contributed by atoms with E-state index in [1.54, 1.807) is 0 Å². The molecule has 0 fully saturated rings. The highest BCUT2D eigenvalue weighted by Gasteiger charge is 2.06. The Morgan fingerprint density at radius 1 is 0.708 bits per heavy atom. The van der Waals surface area contributed by atoms with E-state index in [1.165, 1.54) is 55.2 Å². The second kappa shape index (κ2) is 11.6. The predicted molar refractivity (Wildman–Crippen MR) is 102 cm³/mol. The van der Waals surface area contributed by atoms with E-state index in [4.69, 9.17) is 4.55 Å². The molecule has 0 radical (unpaired) electrons. The van der Waals surface area contributed by atoms with Gasteiger partial charge in [0, 0.05) is 0 Å². The summed E-state index contributed by atoms with van der Waals surface area (Å²) in [5, 5.41) is 0. The van der Waals surface area contributed by atoms with Crippen LogP contribution in [0.2, 0.25) is 0 Å². The molecule has 1 aromatic rings. The third kappa shape index (κ3) is 10.1. The van der Waals surface area contributed by atoms with Crippen molar-refractivity contribution >= 4 is 10.1 Å². The van der Waals surface area contributed by atoms with Crippen molar-refractivity contribution in [2.45, 2.75) is 84.5 Å². The molecule has 138 valence electrons. The number of unbranched alkanes of at least 4 members (excludes halogenated alkanes) is 5. The van der Waals surface area contributed by atoms with Crippen molar-refractivity contribution in [3.05, 3.63) is 34.9 Å². The summed E-state index contributed by atoms with van der Waals surface area (Å²) in [7, 11) is -3.82. The summed E-state index contributed by atoms with van der Waals surface area (Å²) in [6.07, 6.45) is 11.9. The Morgan fingerprint density at radius 2 is 1.08 bits per heavy atom. The fraction of sp³-hybridized carbons (Fsp3) is 0.700. The van der Waals surface area contributed by atoms with Gasteiger partial charge >= 0.3 is 0 Å². The van der Waals surface area contributed by atoms with E-state index in [0.29, 0.717) is 6.42 Å². The molecule has 0 saturated heterocycles. The van der Waals surface area contributed by atoms with Gasteiger partial charge in [-0.15, -0.1) is 0 Å². The number of aryl methyl sites for hydroxylation is 3. The summed E-state index contributed by atoms with van der Waals surface area (Å²) in [6, 6.07) is 6.92. The zero-order valence-electron chi connectivity index (χ0n) is 15.4. The largest absolute Gasteiger partial charge is 0.286 e. The van der Waals surface area contributed by atoms with Crippen molar-refractivity contribution in [1.29, 1.82) is 0 Å². The van der Waals surface area contributed by atoms with Crippen molar-refractivity contribution in [3.8, 4) is 0 Å². The van der Waals surface area contributed by atoms with Crippen LogP contribution >= 0.6 is 0 Å². The molecule has 0 saturated carbocycles. The monoisotopic (exact) mass is 354 g/mol. The van der Waals surface area contributed by atoms with Gasteiger partial charge in [0.2, 0.25) is 0 Å². The minimum atomic E-state index is -3.82. The van der Waals surface area contributed by atoms with E-state index in [9.17, 15) is 8.42 Å². The molecule has 0 aliphatic carbocycles. The van der Waals surface area contributed by atoms with Crippen molar-refractivity contribution < 1.29 is 13.0 Å². The fourth-order valence-corrected chi connectivity index (χ4v) is 3.61. The van der Waals surface area contributed by atoms with Crippen molar-refractivity contribution in [1.82, 2.24) is 0 Å². The van der Waals surface area contributed by atoms with Crippen LogP contribution in [-0.2, 0) is 29.4 Å². The molecule has 1 N–H and O–H groups in total. The molecular formula is C20H34O3S. The van der Waals surface area contributed by atoms with Crippen LogP contribution in [-0.4, -0.2) is 18.7 Å². The molecule has 1 rings (SSSR count). The van der Waals surface area contributed by atoms with Crippen LogP contribution in [0.25, 0.3) is 0 Å². The van der Waals surface area contributed by atoms with Crippen LogP contribution in [0.5, 0.6) is 0 Å². The number of rotatable bonds is 13. The van der Waals surface area contributed by atoms with Gasteiger partial charge in [0.15, 0.2) is 0 Å². The molecular weight excluding hydrogens is 320 g/mol. The summed E-state index contributed by atoms with van der Waals surface area (Å²) in [5.41, 5.74) is 4.15. The SMILES string of the molecule is CCCCCc1cc(CCCCC)cc(CCCCS(=O)(=O)O)c1. The minimum absolute atomic E-state index is 0.132. The predicted octanol–water partition coefficient (Wildman–Crippen LogP) is 5.36. The molecule has 0 aliphatic heterocycles. The lowest BCUT2D eigenvalue weighted by atomic mass is 9.96. The van der Waals surface area contributed by atoms with Crippen LogP contribution < -0.4 is 0 Å². The average molecular weight is 355 g/mol. The zero-order valence-corrected chi connectivity index (χ0v) is 16.2. The molecule has 1 aromatic carbocycles. The number of hydrogen-bond donors (Lipinski definition) is 1. The van der Waals surface area contributed by atoms with E-state index >= 15 is 0 Å². The maximum absolute atomic E-state index is 10.8. The lowest BCUT2D eigenvalue weighted by Crippen LogP contribution is -2.04. The van der Waals surface area contributed by atoms with Gasteiger partial charge < -0.3 is 0 Å². The third-order valence-electron chi connectivity index (χ3n) is 4.37. The van der Waals surface area contributed by atoms with Crippen LogP contribution in [0.3, 0.4) is 0 Å². The highest BCUT2D eigenvalue weighted by Crippen LogP contribution is 2.18. The van der Waals surface area contributed by atoms with Gasteiger partial charge in [-0.25, -0.2) is 0 Å². The molecule has 0 heterocycles. The summed E-state index contributed by atoms with van der Waals surface area (Å²) in [6.45, 7) is 4.45. The molecule has 0 unspecified atom stereocenters. The standard InChI is InChI=1S/C20H34O3S/c1-3-5-7-11-18-15-19(12-8-6-4-2)17-20(16-18)13-9-10-14-24(21,22)23/h15-17H,3-14H2,1-2H3,(H,21,22,23). The molecule has 0 atom stereocenters. The van der Waals surface area contributed by atoms with Gasteiger partial charge in [-0.05, 0) is 61.6 Å². The molecule has 0 amide bonds. The topological polar surface area (TPSA) is 54.4 Å². The normalized spacial score (nSPS) is 11.8. The molecule has 0 aromatic heterocycles. The first-order valence-corrected chi connectivity index (χ1v) is 11.1. The Hall–Kier alpha value is -0.870. The van der Waals surface area contributed by atoms with Gasteiger partial charge in [0.25, 0.3) is 10.1 Å². The summed E-state index contributed by atoms with van der Waals surface area (Å²) in [5.74, 6) is -0.132. The maximum atomic E-state index is 10.8. The maximum Gasteiger partial charge on any atom is 0.264 e. The number of benzene rings is 1. The minimum Gasteiger partial charge on any atom is -0.286 e. The van der Waals surface area contributed by atoms with E-state index in [0.717, 1.165) is 25.7 Å². The highest BCUT2D eigenvalue weighted by atomic mass is 32.2. The molecule has 4 heteroatoms. The second-order valence-electron chi connectivity index (χ2n) is 6.82. The summed E-state index contributed by atoms with van der Waals surface area (Å²) < 4.78 is 30.4. The molecule has 0 aliphatic rings. The number of hydrogen-bond acceptors (Lipinski definition) is 2. The Morgan fingerprint density at radius 3 is 1.42 bits per heavy atom. The van der Waals surface area contributed by atoms with Crippen LogP contribution in [0, 0.1) is 0 Å². The van der Waals surface area contributed by atoms with E-state index < -0.39 is 10.1 Å². The third-order valence-corrected chi connectivity index (χ3v) is 5.17. The smallest absolute Gasteiger partial charge is 0.264 e. The quantitative estimate of drug-likeness (QED) is 0.383. The first-order chi connectivity index (χ1) is 11.4.